The first-order chi connectivity index (χ1) is 9.94. The monoisotopic (exact) mass is 316 g/mol. The highest BCUT2D eigenvalue weighted by Gasteiger charge is 2.27. The number of benzene rings is 1. The van der Waals surface area contributed by atoms with Gasteiger partial charge in [-0.2, -0.15) is 0 Å². The van der Waals surface area contributed by atoms with Crippen LogP contribution in [0.3, 0.4) is 0 Å². The highest BCUT2D eigenvalue weighted by molar-refractivity contribution is 7.89. The summed E-state index contributed by atoms with van der Waals surface area (Å²) in [6.45, 7) is 3.31. The SMILES string of the molecule is CNCc1ccc(S(=O)(=O)NCC2CCOC2C)c(F)c1. The molecule has 0 aromatic heterocycles. The maximum atomic E-state index is 14.0. The molecule has 1 heterocycles. The van der Waals surface area contributed by atoms with Crippen LogP contribution in [0.2, 0.25) is 0 Å². The summed E-state index contributed by atoms with van der Waals surface area (Å²) >= 11 is 0. The molecule has 118 valence electrons. The number of hydrogen-bond donors (Lipinski definition) is 2. The van der Waals surface area contributed by atoms with Gasteiger partial charge in [-0.3, -0.25) is 0 Å². The summed E-state index contributed by atoms with van der Waals surface area (Å²) in [7, 11) is -2.09. The smallest absolute Gasteiger partial charge is 0.243 e. The number of hydrogen-bond acceptors (Lipinski definition) is 4. The number of sulfonamides is 1. The molecule has 0 aliphatic carbocycles. The second-order valence-corrected chi connectivity index (χ2v) is 7.01. The Morgan fingerprint density at radius 3 is 2.76 bits per heavy atom. The van der Waals surface area contributed by atoms with Crippen molar-refractivity contribution in [1.29, 1.82) is 0 Å². The zero-order chi connectivity index (χ0) is 15.5. The van der Waals surface area contributed by atoms with Crippen molar-refractivity contribution >= 4 is 10.0 Å². The van der Waals surface area contributed by atoms with Crippen LogP contribution in [0.15, 0.2) is 23.1 Å². The van der Waals surface area contributed by atoms with E-state index in [1.165, 1.54) is 12.1 Å². The minimum absolute atomic E-state index is 0.0237. The summed E-state index contributed by atoms with van der Waals surface area (Å²) in [5.74, 6) is -0.600. The van der Waals surface area contributed by atoms with E-state index in [1.807, 2.05) is 6.92 Å². The van der Waals surface area contributed by atoms with Gasteiger partial charge in [0.1, 0.15) is 10.7 Å². The lowest BCUT2D eigenvalue weighted by Crippen LogP contribution is -2.32. The standard InChI is InChI=1S/C14H21FN2O3S/c1-10-12(5-6-20-10)9-17-21(18,19)14-4-3-11(8-16-2)7-13(14)15/h3-4,7,10,12,16-17H,5-6,8-9H2,1-2H3. The Bertz CT molecular complexity index is 592. The van der Waals surface area contributed by atoms with E-state index in [2.05, 4.69) is 10.0 Å². The number of ether oxygens (including phenoxy) is 1. The van der Waals surface area contributed by atoms with Gasteiger partial charge in [-0.25, -0.2) is 17.5 Å². The van der Waals surface area contributed by atoms with Gasteiger partial charge in [0, 0.05) is 25.6 Å². The van der Waals surface area contributed by atoms with Crippen LogP contribution in [-0.2, 0) is 21.3 Å². The number of nitrogens with one attached hydrogen (secondary N) is 2. The maximum Gasteiger partial charge on any atom is 0.243 e. The van der Waals surface area contributed by atoms with Gasteiger partial charge in [0.05, 0.1) is 6.10 Å². The van der Waals surface area contributed by atoms with E-state index in [9.17, 15) is 12.8 Å². The Hall–Kier alpha value is -1.02. The van der Waals surface area contributed by atoms with Gasteiger partial charge in [-0.1, -0.05) is 6.07 Å². The van der Waals surface area contributed by atoms with Gasteiger partial charge in [-0.05, 0) is 38.1 Å². The second-order valence-electron chi connectivity index (χ2n) is 5.27. The highest BCUT2D eigenvalue weighted by atomic mass is 32.2. The fourth-order valence-electron chi connectivity index (χ4n) is 2.41. The lowest BCUT2D eigenvalue weighted by atomic mass is 10.0. The minimum Gasteiger partial charge on any atom is -0.378 e. The minimum atomic E-state index is -3.83. The molecule has 2 rings (SSSR count). The van der Waals surface area contributed by atoms with E-state index >= 15 is 0 Å². The summed E-state index contributed by atoms with van der Waals surface area (Å²) in [5, 5.41) is 2.89. The topological polar surface area (TPSA) is 67.4 Å². The van der Waals surface area contributed by atoms with Crippen molar-refractivity contribution in [2.45, 2.75) is 30.9 Å². The molecular formula is C14H21FN2O3S. The molecule has 0 saturated carbocycles. The second kappa shape index (κ2) is 6.83. The summed E-state index contributed by atoms with van der Waals surface area (Å²) in [4.78, 5) is -0.311. The summed E-state index contributed by atoms with van der Waals surface area (Å²) in [6, 6.07) is 4.15. The lowest BCUT2D eigenvalue weighted by Gasteiger charge is -2.15. The Kier molecular flexibility index (Phi) is 5.32. The molecular weight excluding hydrogens is 295 g/mol. The van der Waals surface area contributed by atoms with Crippen molar-refractivity contribution in [2.24, 2.45) is 5.92 Å². The van der Waals surface area contributed by atoms with Crippen molar-refractivity contribution in [2.75, 3.05) is 20.2 Å². The van der Waals surface area contributed by atoms with Crippen LogP contribution in [-0.4, -0.2) is 34.7 Å². The van der Waals surface area contributed by atoms with Gasteiger partial charge < -0.3 is 10.1 Å². The maximum absolute atomic E-state index is 14.0. The highest BCUT2D eigenvalue weighted by Crippen LogP contribution is 2.21. The average molecular weight is 316 g/mol. The van der Waals surface area contributed by atoms with Crippen molar-refractivity contribution in [3.63, 3.8) is 0 Å². The quantitative estimate of drug-likeness (QED) is 0.829. The average Bonchev–Trinajstić information content (AvgIpc) is 2.82. The number of rotatable bonds is 6. The molecule has 1 aromatic rings. The molecule has 1 fully saturated rings. The normalized spacial score (nSPS) is 22.6. The molecule has 1 saturated heterocycles. The van der Waals surface area contributed by atoms with Crippen LogP contribution in [0.5, 0.6) is 0 Å². The molecule has 2 N–H and O–H groups in total. The van der Waals surface area contributed by atoms with Gasteiger partial charge in [0.15, 0.2) is 0 Å². The lowest BCUT2D eigenvalue weighted by molar-refractivity contribution is 0.107. The van der Waals surface area contributed by atoms with Crippen molar-refractivity contribution in [3.8, 4) is 0 Å². The Morgan fingerprint density at radius 1 is 1.43 bits per heavy atom. The molecule has 1 aliphatic heterocycles. The van der Waals surface area contributed by atoms with E-state index in [-0.39, 0.29) is 23.5 Å². The Labute approximate surface area is 124 Å². The van der Waals surface area contributed by atoms with Crippen LogP contribution in [0.4, 0.5) is 4.39 Å². The van der Waals surface area contributed by atoms with E-state index in [0.29, 0.717) is 18.7 Å². The molecule has 5 nitrogen and oxygen atoms in total. The zero-order valence-electron chi connectivity index (χ0n) is 12.2. The molecule has 1 aromatic carbocycles. The Morgan fingerprint density at radius 2 is 2.19 bits per heavy atom. The molecule has 0 amide bonds. The first kappa shape index (κ1) is 16.4. The third kappa shape index (κ3) is 4.00. The molecule has 0 bridgehead atoms. The van der Waals surface area contributed by atoms with Gasteiger partial charge in [-0.15, -0.1) is 0 Å². The molecule has 2 unspecified atom stereocenters. The van der Waals surface area contributed by atoms with Gasteiger partial charge in [0.2, 0.25) is 10.0 Å². The van der Waals surface area contributed by atoms with E-state index in [0.717, 1.165) is 6.42 Å². The fourth-order valence-corrected chi connectivity index (χ4v) is 3.57. The number of halogens is 1. The summed E-state index contributed by atoms with van der Waals surface area (Å²) < 4.78 is 46.2. The molecule has 0 spiro atoms. The van der Waals surface area contributed by atoms with Crippen LogP contribution >= 0.6 is 0 Å². The molecule has 21 heavy (non-hydrogen) atoms. The van der Waals surface area contributed by atoms with Crippen molar-refractivity contribution in [1.82, 2.24) is 10.0 Å². The molecule has 7 heteroatoms. The van der Waals surface area contributed by atoms with E-state index in [4.69, 9.17) is 4.74 Å². The predicted molar refractivity (Wildman–Crippen MR) is 77.9 cm³/mol. The summed E-state index contributed by atoms with van der Waals surface area (Å²) in [5.41, 5.74) is 0.701. The third-order valence-electron chi connectivity index (χ3n) is 3.74. The van der Waals surface area contributed by atoms with E-state index in [1.54, 1.807) is 13.1 Å². The fraction of sp³-hybridized carbons (Fsp3) is 0.571. The first-order valence-corrected chi connectivity index (χ1v) is 8.46. The summed E-state index contributed by atoms with van der Waals surface area (Å²) in [6.07, 6.45) is 0.836. The predicted octanol–water partition coefficient (Wildman–Crippen LogP) is 1.25. The van der Waals surface area contributed by atoms with Crippen molar-refractivity contribution in [3.05, 3.63) is 29.6 Å². The molecule has 0 radical (unpaired) electrons. The van der Waals surface area contributed by atoms with Crippen LogP contribution in [0.1, 0.15) is 18.9 Å². The van der Waals surface area contributed by atoms with Gasteiger partial charge >= 0.3 is 0 Å². The third-order valence-corrected chi connectivity index (χ3v) is 5.19. The van der Waals surface area contributed by atoms with E-state index < -0.39 is 15.8 Å². The van der Waals surface area contributed by atoms with Crippen molar-refractivity contribution < 1.29 is 17.5 Å². The van der Waals surface area contributed by atoms with Crippen LogP contribution in [0, 0.1) is 11.7 Å². The largest absolute Gasteiger partial charge is 0.378 e. The van der Waals surface area contributed by atoms with Crippen LogP contribution < -0.4 is 10.0 Å². The zero-order valence-corrected chi connectivity index (χ0v) is 13.0. The molecule has 1 aliphatic rings. The molecule has 2 atom stereocenters. The van der Waals surface area contributed by atoms with Gasteiger partial charge in [0.25, 0.3) is 0 Å². The Balaban J connectivity index is 2.08. The first-order valence-electron chi connectivity index (χ1n) is 6.98. The van der Waals surface area contributed by atoms with Crippen LogP contribution in [0.25, 0.3) is 0 Å².